The Labute approximate surface area is 121 Å². The maximum atomic E-state index is 10.7. The Morgan fingerprint density at radius 1 is 1.24 bits per heavy atom. The second-order valence-electron chi connectivity index (χ2n) is 4.39. The molecule has 0 amide bonds. The number of non-ortho nitro benzene ring substituents is 1. The van der Waals surface area contributed by atoms with Gasteiger partial charge in [-0.15, -0.1) is 0 Å². The van der Waals surface area contributed by atoms with Crippen LogP contribution in [0, 0.1) is 10.1 Å². The predicted octanol–water partition coefficient (Wildman–Crippen LogP) is 2.45. The van der Waals surface area contributed by atoms with E-state index in [1.165, 1.54) is 24.4 Å². The largest absolute Gasteiger partial charge is 0.507 e. The molecule has 0 heterocycles. The smallest absolute Gasteiger partial charge is 0.270 e. The molecule has 2 N–H and O–H groups in total. The maximum absolute atomic E-state index is 10.7. The minimum atomic E-state index is -0.544. The van der Waals surface area contributed by atoms with Crippen molar-refractivity contribution in [1.29, 1.82) is 0 Å². The molecule has 0 saturated heterocycles. The molecule has 0 aliphatic carbocycles. The van der Waals surface area contributed by atoms with Crippen LogP contribution in [0.4, 0.5) is 5.69 Å². The number of nitrogens with zero attached hydrogens (tertiary/aromatic N) is 2. The number of rotatable bonds is 5. The number of phenolic OH excluding ortho intramolecular Hbond substituents is 1. The number of aromatic hydroxyl groups is 1. The van der Waals surface area contributed by atoms with E-state index in [0.717, 1.165) is 5.56 Å². The lowest BCUT2D eigenvalue weighted by molar-refractivity contribution is -0.384. The molecule has 0 saturated carbocycles. The Kier molecular flexibility index (Phi) is 4.63. The second-order valence-corrected chi connectivity index (χ2v) is 4.39. The fourth-order valence-corrected chi connectivity index (χ4v) is 1.84. The number of hydrogen-bond acceptors (Lipinski definition) is 5. The molecule has 108 valence electrons. The van der Waals surface area contributed by atoms with Gasteiger partial charge in [-0.05, 0) is 11.6 Å². The van der Waals surface area contributed by atoms with E-state index in [2.05, 4.69) is 4.99 Å². The molecule has 0 radical (unpaired) electrons. The highest BCUT2D eigenvalue weighted by Gasteiger charge is 2.10. The summed E-state index contributed by atoms with van der Waals surface area (Å²) in [4.78, 5) is 14.4. The van der Waals surface area contributed by atoms with Gasteiger partial charge in [0.05, 0.1) is 17.6 Å². The van der Waals surface area contributed by atoms with Gasteiger partial charge in [0.2, 0.25) is 0 Å². The highest BCUT2D eigenvalue weighted by atomic mass is 16.6. The molecule has 0 bridgehead atoms. The Hall–Kier alpha value is -2.73. The van der Waals surface area contributed by atoms with Crippen LogP contribution in [0.15, 0.2) is 53.5 Å². The number of nitro groups is 1. The monoisotopic (exact) mass is 286 g/mol. The van der Waals surface area contributed by atoms with E-state index >= 15 is 0 Å². The fourth-order valence-electron chi connectivity index (χ4n) is 1.84. The third-order valence-corrected chi connectivity index (χ3v) is 2.97. The Bertz CT molecular complexity index is 656. The molecule has 0 spiro atoms. The van der Waals surface area contributed by atoms with E-state index in [4.69, 9.17) is 0 Å². The van der Waals surface area contributed by atoms with E-state index in [1.807, 2.05) is 30.3 Å². The zero-order chi connectivity index (χ0) is 15.2. The lowest BCUT2D eigenvalue weighted by Gasteiger charge is -2.09. The summed E-state index contributed by atoms with van der Waals surface area (Å²) in [6, 6.07) is 12.4. The van der Waals surface area contributed by atoms with E-state index in [-0.39, 0.29) is 23.6 Å². The second kappa shape index (κ2) is 6.62. The van der Waals surface area contributed by atoms with Gasteiger partial charge in [-0.1, -0.05) is 30.3 Å². The van der Waals surface area contributed by atoms with Gasteiger partial charge in [0.25, 0.3) is 5.69 Å². The topological polar surface area (TPSA) is 96.0 Å². The van der Waals surface area contributed by atoms with Crippen molar-refractivity contribution in [3.05, 3.63) is 69.8 Å². The highest BCUT2D eigenvalue weighted by Crippen LogP contribution is 2.23. The van der Waals surface area contributed by atoms with Crippen LogP contribution in [0.5, 0.6) is 5.75 Å². The van der Waals surface area contributed by atoms with Crippen molar-refractivity contribution in [1.82, 2.24) is 0 Å². The van der Waals surface area contributed by atoms with Gasteiger partial charge in [0.1, 0.15) is 5.75 Å². The lowest BCUT2D eigenvalue weighted by atomic mass is 10.1. The Morgan fingerprint density at radius 2 is 1.95 bits per heavy atom. The SMILES string of the molecule is O=[N+]([O-])c1ccc(O)c(C=N[C@@H](CO)c2ccccc2)c1. The van der Waals surface area contributed by atoms with Crippen molar-refractivity contribution < 1.29 is 15.1 Å². The van der Waals surface area contributed by atoms with Crippen molar-refractivity contribution in [2.75, 3.05) is 6.61 Å². The number of aliphatic hydroxyl groups is 1. The first-order chi connectivity index (χ1) is 10.1. The molecule has 6 heteroatoms. The van der Waals surface area contributed by atoms with Crippen molar-refractivity contribution in [2.24, 2.45) is 4.99 Å². The van der Waals surface area contributed by atoms with E-state index in [0.29, 0.717) is 0 Å². The van der Waals surface area contributed by atoms with Crippen molar-refractivity contribution in [2.45, 2.75) is 6.04 Å². The summed E-state index contributed by atoms with van der Waals surface area (Å²) >= 11 is 0. The van der Waals surface area contributed by atoms with E-state index in [9.17, 15) is 20.3 Å². The summed E-state index contributed by atoms with van der Waals surface area (Å²) in [7, 11) is 0. The Morgan fingerprint density at radius 3 is 2.57 bits per heavy atom. The molecule has 0 fully saturated rings. The van der Waals surface area contributed by atoms with Gasteiger partial charge >= 0.3 is 0 Å². The standard InChI is InChI=1S/C15H14N2O4/c18-10-14(11-4-2-1-3-5-11)16-9-12-8-13(17(20)21)6-7-15(12)19/h1-9,14,18-19H,10H2/t14-/m0/s1. The summed E-state index contributed by atoms with van der Waals surface area (Å²) in [5, 5.41) is 29.8. The summed E-state index contributed by atoms with van der Waals surface area (Å²) in [6.07, 6.45) is 1.33. The molecule has 0 aliphatic rings. The molecule has 0 aliphatic heterocycles. The average molecular weight is 286 g/mol. The van der Waals surface area contributed by atoms with Crippen LogP contribution in [-0.4, -0.2) is 28.0 Å². The summed E-state index contributed by atoms with van der Waals surface area (Å²) < 4.78 is 0. The first-order valence-corrected chi connectivity index (χ1v) is 6.28. The van der Waals surface area contributed by atoms with Crippen LogP contribution in [0.2, 0.25) is 0 Å². The normalized spacial score (nSPS) is 12.4. The molecular weight excluding hydrogens is 272 g/mol. The summed E-state index contributed by atoms with van der Waals surface area (Å²) in [6.45, 7) is -0.198. The molecule has 2 aromatic carbocycles. The van der Waals surface area contributed by atoms with Gasteiger partial charge in [-0.25, -0.2) is 0 Å². The first-order valence-electron chi connectivity index (χ1n) is 6.28. The third-order valence-electron chi connectivity index (χ3n) is 2.97. The van der Waals surface area contributed by atoms with Crippen LogP contribution in [0.25, 0.3) is 0 Å². The number of nitro benzene ring substituents is 1. The minimum Gasteiger partial charge on any atom is -0.507 e. The van der Waals surface area contributed by atoms with Crippen molar-refractivity contribution >= 4 is 11.9 Å². The van der Waals surface area contributed by atoms with Crippen LogP contribution in [0.1, 0.15) is 17.2 Å². The average Bonchev–Trinajstić information content (AvgIpc) is 2.50. The Balaban J connectivity index is 2.27. The van der Waals surface area contributed by atoms with Gasteiger partial charge in [0.15, 0.2) is 0 Å². The maximum Gasteiger partial charge on any atom is 0.270 e. The molecule has 2 aromatic rings. The lowest BCUT2D eigenvalue weighted by Crippen LogP contribution is -2.01. The van der Waals surface area contributed by atoms with Crippen molar-refractivity contribution in [3.8, 4) is 5.75 Å². The van der Waals surface area contributed by atoms with Crippen LogP contribution in [0.3, 0.4) is 0 Å². The number of hydrogen-bond donors (Lipinski definition) is 2. The molecule has 21 heavy (non-hydrogen) atoms. The first kappa shape index (κ1) is 14.7. The van der Waals surface area contributed by atoms with Gasteiger partial charge in [-0.2, -0.15) is 0 Å². The number of phenols is 1. The predicted molar refractivity (Wildman–Crippen MR) is 78.6 cm³/mol. The van der Waals surface area contributed by atoms with Crippen LogP contribution >= 0.6 is 0 Å². The molecule has 0 unspecified atom stereocenters. The fraction of sp³-hybridized carbons (Fsp3) is 0.133. The zero-order valence-electron chi connectivity index (χ0n) is 11.1. The molecule has 1 atom stereocenters. The van der Waals surface area contributed by atoms with Gasteiger partial charge < -0.3 is 10.2 Å². The molecule has 2 rings (SSSR count). The van der Waals surface area contributed by atoms with E-state index < -0.39 is 11.0 Å². The quantitative estimate of drug-likeness (QED) is 0.501. The van der Waals surface area contributed by atoms with E-state index in [1.54, 1.807) is 0 Å². The number of aliphatic imine (C=N–C) groups is 1. The molecule has 0 aromatic heterocycles. The number of aliphatic hydroxyl groups excluding tert-OH is 1. The zero-order valence-corrected chi connectivity index (χ0v) is 11.1. The summed E-state index contributed by atoms with van der Waals surface area (Å²) in [5.41, 5.74) is 0.925. The molecular formula is C15H14N2O4. The van der Waals surface area contributed by atoms with Crippen molar-refractivity contribution in [3.63, 3.8) is 0 Å². The summed E-state index contributed by atoms with van der Waals surface area (Å²) in [5.74, 6) is -0.103. The van der Waals surface area contributed by atoms with Crippen LogP contribution in [-0.2, 0) is 0 Å². The number of benzene rings is 2. The third kappa shape index (κ3) is 3.64. The van der Waals surface area contributed by atoms with Gasteiger partial charge in [0, 0.05) is 23.9 Å². The highest BCUT2D eigenvalue weighted by molar-refractivity contribution is 5.84. The molecule has 6 nitrogen and oxygen atoms in total. The van der Waals surface area contributed by atoms with Crippen LogP contribution < -0.4 is 0 Å². The van der Waals surface area contributed by atoms with Gasteiger partial charge in [-0.3, -0.25) is 15.1 Å². The minimum absolute atomic E-state index is 0.103.